The third kappa shape index (κ3) is 3.25. The molecule has 3 aromatic heterocycles. The maximum absolute atomic E-state index is 14.9. The third-order valence-electron chi connectivity index (χ3n) is 5.42. The smallest absolute Gasteiger partial charge is 0.353 e. The molecule has 0 aliphatic heterocycles. The van der Waals surface area contributed by atoms with Gasteiger partial charge in [0, 0.05) is 23.4 Å². The summed E-state index contributed by atoms with van der Waals surface area (Å²) in [6, 6.07) is 7.29. The number of rotatable bonds is 4. The number of H-pyrrole nitrogens is 1. The lowest BCUT2D eigenvalue weighted by Crippen LogP contribution is -2.14. The summed E-state index contributed by atoms with van der Waals surface area (Å²) < 4.78 is 49.8. The van der Waals surface area contributed by atoms with E-state index in [0.29, 0.717) is 6.07 Å². The van der Waals surface area contributed by atoms with Gasteiger partial charge in [-0.3, -0.25) is 4.79 Å². The molecular formula is C23H12BrF3N2O4. The van der Waals surface area contributed by atoms with E-state index < -0.39 is 29.0 Å². The molecular weight excluding hydrogens is 505 g/mol. The van der Waals surface area contributed by atoms with Crippen LogP contribution in [0, 0.1) is 17.5 Å². The van der Waals surface area contributed by atoms with Gasteiger partial charge in [0.15, 0.2) is 0 Å². The monoisotopic (exact) mass is 516 g/mol. The fraction of sp³-hybridized carbons (Fsp3) is 0.0435. The van der Waals surface area contributed by atoms with E-state index in [-0.39, 0.29) is 55.3 Å². The molecule has 6 nitrogen and oxygen atoms in total. The lowest BCUT2D eigenvalue weighted by atomic mass is 10.0. The first kappa shape index (κ1) is 21.1. The van der Waals surface area contributed by atoms with Crippen LogP contribution in [0.4, 0.5) is 13.2 Å². The second kappa shape index (κ2) is 7.66. The van der Waals surface area contributed by atoms with E-state index in [2.05, 4.69) is 20.9 Å². The van der Waals surface area contributed by atoms with Gasteiger partial charge < -0.3 is 19.1 Å². The normalized spacial score (nSPS) is 11.5. The van der Waals surface area contributed by atoms with Crippen LogP contribution in [0.5, 0.6) is 0 Å². The number of fused-ring (bicyclic) bond motifs is 3. The van der Waals surface area contributed by atoms with Crippen molar-refractivity contribution in [3.63, 3.8) is 0 Å². The van der Waals surface area contributed by atoms with Gasteiger partial charge >= 0.3 is 5.97 Å². The van der Waals surface area contributed by atoms with Crippen LogP contribution in [0.25, 0.3) is 33.0 Å². The number of pyridine rings is 1. The van der Waals surface area contributed by atoms with Crippen molar-refractivity contribution < 1.29 is 27.5 Å². The zero-order valence-electron chi connectivity index (χ0n) is 16.5. The van der Waals surface area contributed by atoms with E-state index in [1.165, 1.54) is 41.3 Å². The van der Waals surface area contributed by atoms with Crippen LogP contribution < -0.4 is 5.56 Å². The molecule has 33 heavy (non-hydrogen) atoms. The number of nitrogens with one attached hydrogen (secondary N) is 1. The van der Waals surface area contributed by atoms with Crippen LogP contribution in [0.1, 0.15) is 16.1 Å². The molecule has 0 radical (unpaired) electrons. The SMILES string of the molecule is O=C(O)c1c(-c2ccc[nH]c2=O)c2c3occc3c(F)cc2n1Cc1cc(Br)c(F)cc1F. The summed E-state index contributed by atoms with van der Waals surface area (Å²) >= 11 is 2.99. The molecule has 0 unspecified atom stereocenters. The standard InChI is InChI=1S/C23H12BrF3N2O4/c24-13-6-10(14(25)7-16(13)27)9-29-17-8-15(26)11-3-5-33-21(11)19(17)18(20(29)23(31)32)12-2-1-4-28-22(12)30/h1-8H,9H2,(H,28,30)(H,31,32). The minimum absolute atomic E-state index is 0.000820. The van der Waals surface area contributed by atoms with Gasteiger partial charge in [-0.2, -0.15) is 0 Å². The highest BCUT2D eigenvalue weighted by Gasteiger charge is 2.29. The quantitative estimate of drug-likeness (QED) is 0.301. The number of carboxylic acid groups (broad SMARTS) is 1. The van der Waals surface area contributed by atoms with Gasteiger partial charge in [-0.05, 0) is 46.3 Å². The minimum atomic E-state index is -1.42. The van der Waals surface area contributed by atoms with Crippen molar-refractivity contribution in [1.82, 2.24) is 9.55 Å². The number of aromatic amines is 1. The average molecular weight is 517 g/mol. The van der Waals surface area contributed by atoms with Crippen molar-refractivity contribution in [2.24, 2.45) is 0 Å². The van der Waals surface area contributed by atoms with E-state index in [9.17, 15) is 27.9 Å². The van der Waals surface area contributed by atoms with Crippen LogP contribution in [-0.2, 0) is 6.54 Å². The Morgan fingerprint density at radius 2 is 1.91 bits per heavy atom. The Morgan fingerprint density at radius 3 is 2.64 bits per heavy atom. The number of hydrogen-bond acceptors (Lipinski definition) is 3. The maximum atomic E-state index is 14.9. The molecule has 10 heteroatoms. The molecule has 2 N–H and O–H groups in total. The lowest BCUT2D eigenvalue weighted by Gasteiger charge is -2.11. The Morgan fingerprint density at radius 1 is 1.12 bits per heavy atom. The van der Waals surface area contributed by atoms with E-state index in [1.807, 2.05) is 0 Å². The van der Waals surface area contributed by atoms with Gasteiger partial charge in [-0.1, -0.05) is 0 Å². The van der Waals surface area contributed by atoms with Gasteiger partial charge in [0.05, 0.1) is 39.1 Å². The Hall–Kier alpha value is -3.79. The number of hydrogen-bond donors (Lipinski definition) is 2. The summed E-state index contributed by atoms with van der Waals surface area (Å²) in [6.07, 6.45) is 2.64. The van der Waals surface area contributed by atoms with Crippen molar-refractivity contribution >= 4 is 43.8 Å². The molecule has 5 rings (SSSR count). The Labute approximate surface area is 191 Å². The molecule has 2 aromatic carbocycles. The number of aromatic carboxylic acids is 1. The third-order valence-corrected chi connectivity index (χ3v) is 6.03. The van der Waals surface area contributed by atoms with Crippen LogP contribution in [0.15, 0.2) is 62.5 Å². The van der Waals surface area contributed by atoms with E-state index in [0.717, 1.165) is 6.07 Å². The Kier molecular flexibility index (Phi) is 4.89. The Bertz CT molecular complexity index is 1650. The predicted octanol–water partition coefficient (Wildman–Crippen LogP) is 5.67. The summed E-state index contributed by atoms with van der Waals surface area (Å²) in [5.41, 5.74) is -0.847. The van der Waals surface area contributed by atoms with Gasteiger partial charge in [0.1, 0.15) is 28.7 Å². The summed E-state index contributed by atoms with van der Waals surface area (Å²) in [5, 5.41) is 10.4. The molecule has 0 bridgehead atoms. The first-order valence-electron chi connectivity index (χ1n) is 9.54. The number of furan rings is 1. The lowest BCUT2D eigenvalue weighted by molar-refractivity contribution is 0.0687. The van der Waals surface area contributed by atoms with Crippen LogP contribution in [-0.4, -0.2) is 20.6 Å². The van der Waals surface area contributed by atoms with Crippen LogP contribution >= 0.6 is 15.9 Å². The molecule has 0 saturated heterocycles. The van der Waals surface area contributed by atoms with Crippen molar-refractivity contribution in [3.05, 3.63) is 92.4 Å². The van der Waals surface area contributed by atoms with E-state index in [1.54, 1.807) is 0 Å². The van der Waals surface area contributed by atoms with Crippen molar-refractivity contribution in [2.75, 3.05) is 0 Å². The molecule has 0 aliphatic rings. The van der Waals surface area contributed by atoms with Crippen LogP contribution in [0.3, 0.4) is 0 Å². The zero-order chi connectivity index (χ0) is 23.4. The summed E-state index contributed by atoms with van der Waals surface area (Å²) in [7, 11) is 0. The van der Waals surface area contributed by atoms with E-state index >= 15 is 0 Å². The minimum Gasteiger partial charge on any atom is -0.477 e. The number of carboxylic acids is 1. The molecule has 0 aliphatic carbocycles. The fourth-order valence-electron chi connectivity index (χ4n) is 4.03. The molecule has 0 saturated carbocycles. The fourth-order valence-corrected chi connectivity index (χ4v) is 4.42. The molecule has 5 aromatic rings. The molecule has 166 valence electrons. The van der Waals surface area contributed by atoms with Gasteiger partial charge in [0.25, 0.3) is 5.56 Å². The number of carbonyl (C=O) groups is 1. The highest BCUT2D eigenvalue weighted by molar-refractivity contribution is 9.10. The topological polar surface area (TPSA) is 88.2 Å². The van der Waals surface area contributed by atoms with Gasteiger partial charge in [0.2, 0.25) is 0 Å². The van der Waals surface area contributed by atoms with Gasteiger partial charge in [-0.15, -0.1) is 0 Å². The van der Waals surface area contributed by atoms with Crippen LogP contribution in [0.2, 0.25) is 0 Å². The van der Waals surface area contributed by atoms with Crippen molar-refractivity contribution in [3.8, 4) is 11.1 Å². The molecule has 0 amide bonds. The Balaban J connectivity index is 1.94. The number of nitrogens with zero attached hydrogens (tertiary/aromatic N) is 1. The second-order valence-electron chi connectivity index (χ2n) is 7.30. The van der Waals surface area contributed by atoms with Crippen molar-refractivity contribution in [2.45, 2.75) is 6.54 Å². The second-order valence-corrected chi connectivity index (χ2v) is 8.16. The maximum Gasteiger partial charge on any atom is 0.353 e. The number of benzene rings is 2. The predicted molar refractivity (Wildman–Crippen MR) is 118 cm³/mol. The average Bonchev–Trinajstić information content (AvgIpc) is 3.36. The number of halogens is 4. The van der Waals surface area contributed by atoms with Gasteiger partial charge in [-0.25, -0.2) is 18.0 Å². The van der Waals surface area contributed by atoms with E-state index in [4.69, 9.17) is 4.42 Å². The first-order chi connectivity index (χ1) is 15.8. The largest absolute Gasteiger partial charge is 0.477 e. The molecule has 0 fully saturated rings. The highest BCUT2D eigenvalue weighted by atomic mass is 79.9. The number of aromatic nitrogens is 2. The zero-order valence-corrected chi connectivity index (χ0v) is 18.0. The highest BCUT2D eigenvalue weighted by Crippen LogP contribution is 2.40. The summed E-state index contributed by atoms with van der Waals surface area (Å²) in [5.74, 6) is -3.85. The first-order valence-corrected chi connectivity index (χ1v) is 10.3. The molecule has 0 spiro atoms. The summed E-state index contributed by atoms with van der Waals surface area (Å²) in [6.45, 7) is -0.376. The van der Waals surface area contributed by atoms with Crippen molar-refractivity contribution in [1.29, 1.82) is 0 Å². The molecule has 0 atom stereocenters. The summed E-state index contributed by atoms with van der Waals surface area (Å²) in [4.78, 5) is 27.5. The molecule has 3 heterocycles.